The number of nitrogens with zero attached hydrogens (tertiary/aromatic N) is 1. The summed E-state index contributed by atoms with van der Waals surface area (Å²) in [7, 11) is 0. The van der Waals surface area contributed by atoms with Crippen LogP contribution in [-0.2, 0) is 9.53 Å². The number of amides is 1. The first-order valence-electron chi connectivity index (χ1n) is 8.72. The average molecular weight is 315 g/mol. The van der Waals surface area contributed by atoms with Gasteiger partial charge < -0.3 is 14.4 Å². The van der Waals surface area contributed by atoms with Crippen LogP contribution >= 0.6 is 0 Å². The Hall–Kier alpha value is -1.55. The minimum Gasteiger partial charge on any atom is -0.478 e. The van der Waals surface area contributed by atoms with Crippen molar-refractivity contribution in [2.24, 2.45) is 5.41 Å². The third-order valence-electron chi connectivity index (χ3n) is 5.64. The molecule has 1 aromatic rings. The van der Waals surface area contributed by atoms with Gasteiger partial charge >= 0.3 is 0 Å². The molecule has 3 aliphatic rings. The van der Waals surface area contributed by atoms with Crippen LogP contribution in [0.25, 0.3) is 0 Å². The molecule has 2 saturated heterocycles. The lowest BCUT2D eigenvalue weighted by Gasteiger charge is -2.64. The Morgan fingerprint density at radius 3 is 2.52 bits per heavy atom. The van der Waals surface area contributed by atoms with Gasteiger partial charge in [0.25, 0.3) is 5.91 Å². The largest absolute Gasteiger partial charge is 0.478 e. The number of fused-ring (bicyclic) bond motifs is 2. The zero-order chi connectivity index (χ0) is 16.1. The Balaban J connectivity index is 1.61. The molecule has 0 N–H and O–H groups in total. The van der Waals surface area contributed by atoms with Crippen LogP contribution in [0.5, 0.6) is 5.75 Å². The molecule has 2 atom stereocenters. The Morgan fingerprint density at radius 1 is 1.13 bits per heavy atom. The minimum absolute atomic E-state index is 0.0872. The number of rotatable bonds is 2. The highest BCUT2D eigenvalue weighted by molar-refractivity contribution is 5.90. The van der Waals surface area contributed by atoms with Gasteiger partial charge in [0.2, 0.25) is 0 Å². The van der Waals surface area contributed by atoms with E-state index in [0.29, 0.717) is 6.61 Å². The van der Waals surface area contributed by atoms with E-state index in [4.69, 9.17) is 9.47 Å². The van der Waals surface area contributed by atoms with E-state index in [2.05, 4.69) is 13.8 Å². The molecule has 4 heteroatoms. The number of benzene rings is 1. The summed E-state index contributed by atoms with van der Waals surface area (Å²) in [5.74, 6) is 0.860. The van der Waals surface area contributed by atoms with Gasteiger partial charge in [-0.2, -0.15) is 0 Å². The van der Waals surface area contributed by atoms with Crippen molar-refractivity contribution < 1.29 is 14.3 Å². The zero-order valence-electron chi connectivity index (χ0n) is 14.0. The normalized spacial score (nSPS) is 31.4. The summed E-state index contributed by atoms with van der Waals surface area (Å²) in [6.07, 6.45) is 5.07. The van der Waals surface area contributed by atoms with Crippen molar-refractivity contribution >= 4 is 5.91 Å². The van der Waals surface area contributed by atoms with Crippen molar-refractivity contribution in [2.75, 3.05) is 6.61 Å². The first-order valence-corrected chi connectivity index (χ1v) is 8.72. The molecule has 0 unspecified atom stereocenters. The lowest BCUT2D eigenvalue weighted by atomic mass is 9.70. The summed E-state index contributed by atoms with van der Waals surface area (Å²) in [6, 6.07) is 9.76. The molecule has 23 heavy (non-hydrogen) atoms. The van der Waals surface area contributed by atoms with Gasteiger partial charge in [-0.25, -0.2) is 0 Å². The number of β-lactam (4-membered cyclic amide) rings is 1. The van der Waals surface area contributed by atoms with Crippen LogP contribution in [0.1, 0.15) is 46.0 Å². The van der Waals surface area contributed by atoms with Gasteiger partial charge in [-0.1, -0.05) is 38.5 Å². The molecular formula is C19H25NO3. The standard InChI is InChI=1S/C19H25NO3/c1-18(2)13-22-19(11-7-4-8-12-19)20-16(18)15(17(20)21)23-14-9-5-3-6-10-14/h3,5-6,9-10,15-16H,4,7-8,11-13H2,1-2H3/t15-,16+/m1/s1. The molecule has 0 aromatic heterocycles. The van der Waals surface area contributed by atoms with Crippen LogP contribution in [0.3, 0.4) is 0 Å². The maximum absolute atomic E-state index is 12.9. The van der Waals surface area contributed by atoms with E-state index in [1.54, 1.807) is 0 Å². The lowest BCUT2D eigenvalue weighted by molar-refractivity contribution is -0.292. The van der Waals surface area contributed by atoms with Gasteiger partial charge in [-0.15, -0.1) is 0 Å². The maximum atomic E-state index is 12.9. The Bertz CT molecular complexity index is 592. The van der Waals surface area contributed by atoms with E-state index in [1.807, 2.05) is 35.2 Å². The molecule has 4 rings (SSSR count). The van der Waals surface area contributed by atoms with Crippen LogP contribution in [0, 0.1) is 5.41 Å². The second kappa shape index (κ2) is 5.23. The fourth-order valence-corrected chi connectivity index (χ4v) is 4.40. The topological polar surface area (TPSA) is 38.8 Å². The molecule has 2 aliphatic heterocycles. The van der Waals surface area contributed by atoms with Crippen LogP contribution in [0.15, 0.2) is 30.3 Å². The molecule has 1 amide bonds. The zero-order valence-corrected chi connectivity index (χ0v) is 14.0. The summed E-state index contributed by atoms with van der Waals surface area (Å²) >= 11 is 0. The van der Waals surface area contributed by atoms with Crippen molar-refractivity contribution in [1.82, 2.24) is 4.90 Å². The van der Waals surface area contributed by atoms with E-state index < -0.39 is 0 Å². The minimum atomic E-state index is -0.380. The summed E-state index contributed by atoms with van der Waals surface area (Å²) < 4.78 is 12.3. The monoisotopic (exact) mass is 315 g/mol. The fourth-order valence-electron chi connectivity index (χ4n) is 4.40. The van der Waals surface area contributed by atoms with Gasteiger partial charge in [0.1, 0.15) is 11.5 Å². The molecule has 1 aromatic carbocycles. The summed E-state index contributed by atoms with van der Waals surface area (Å²) in [5.41, 5.74) is -0.456. The highest BCUT2D eigenvalue weighted by Gasteiger charge is 2.66. The lowest BCUT2D eigenvalue weighted by Crippen LogP contribution is -2.81. The Labute approximate surface area is 137 Å². The SMILES string of the molecule is CC1(C)COC2(CCCCC2)N2C(=O)[C@H](Oc3ccccc3)[C@H]21. The predicted octanol–water partition coefficient (Wildman–Crippen LogP) is 3.36. The van der Waals surface area contributed by atoms with Gasteiger partial charge in [-0.05, 0) is 37.8 Å². The van der Waals surface area contributed by atoms with Crippen molar-refractivity contribution in [3.63, 3.8) is 0 Å². The molecule has 1 spiro atoms. The van der Waals surface area contributed by atoms with Crippen LogP contribution < -0.4 is 4.74 Å². The fraction of sp³-hybridized carbons (Fsp3) is 0.632. The van der Waals surface area contributed by atoms with E-state index in [0.717, 1.165) is 31.4 Å². The van der Waals surface area contributed by atoms with Crippen molar-refractivity contribution in [3.8, 4) is 5.75 Å². The van der Waals surface area contributed by atoms with E-state index in [1.165, 1.54) is 6.42 Å². The Morgan fingerprint density at radius 2 is 1.83 bits per heavy atom. The first-order chi connectivity index (χ1) is 11.0. The summed E-state index contributed by atoms with van der Waals surface area (Å²) in [4.78, 5) is 14.9. The summed E-state index contributed by atoms with van der Waals surface area (Å²) in [6.45, 7) is 5.04. The van der Waals surface area contributed by atoms with Gasteiger partial charge in [-0.3, -0.25) is 4.79 Å². The smallest absolute Gasteiger partial charge is 0.268 e. The van der Waals surface area contributed by atoms with Crippen LogP contribution in [0.4, 0.5) is 0 Å². The highest BCUT2D eigenvalue weighted by atomic mass is 16.5. The van der Waals surface area contributed by atoms with Crippen molar-refractivity contribution in [3.05, 3.63) is 30.3 Å². The number of hydrogen-bond donors (Lipinski definition) is 0. The molecule has 0 bridgehead atoms. The van der Waals surface area contributed by atoms with Gasteiger partial charge in [0.05, 0.1) is 12.6 Å². The predicted molar refractivity (Wildman–Crippen MR) is 87.0 cm³/mol. The number of carbonyl (C=O) groups excluding carboxylic acids is 1. The molecule has 4 nitrogen and oxygen atoms in total. The van der Waals surface area contributed by atoms with Gasteiger partial charge in [0.15, 0.2) is 6.10 Å². The molecule has 1 saturated carbocycles. The second-order valence-corrected chi connectivity index (χ2v) is 7.79. The molecular weight excluding hydrogens is 290 g/mol. The molecule has 2 heterocycles. The summed E-state index contributed by atoms with van der Waals surface area (Å²) in [5, 5.41) is 0. The van der Waals surface area contributed by atoms with Crippen molar-refractivity contribution in [2.45, 2.75) is 63.8 Å². The number of hydrogen-bond acceptors (Lipinski definition) is 3. The third-order valence-corrected chi connectivity index (χ3v) is 5.64. The number of para-hydroxylation sites is 1. The van der Waals surface area contributed by atoms with Crippen molar-refractivity contribution in [1.29, 1.82) is 0 Å². The van der Waals surface area contributed by atoms with E-state index in [9.17, 15) is 4.79 Å². The van der Waals surface area contributed by atoms with E-state index >= 15 is 0 Å². The highest BCUT2D eigenvalue weighted by Crippen LogP contribution is 2.51. The van der Waals surface area contributed by atoms with E-state index in [-0.39, 0.29) is 29.2 Å². The molecule has 124 valence electrons. The Kier molecular flexibility index (Phi) is 3.41. The number of ether oxygens (including phenoxy) is 2. The molecule has 1 aliphatic carbocycles. The average Bonchev–Trinajstić information content (AvgIpc) is 2.56. The second-order valence-electron chi connectivity index (χ2n) is 7.79. The maximum Gasteiger partial charge on any atom is 0.268 e. The molecule has 0 radical (unpaired) electrons. The third kappa shape index (κ3) is 2.26. The van der Waals surface area contributed by atoms with Gasteiger partial charge in [0, 0.05) is 5.41 Å². The van der Waals surface area contributed by atoms with Crippen LogP contribution in [-0.4, -0.2) is 35.3 Å². The first kappa shape index (κ1) is 15.0. The molecule has 3 fully saturated rings. The quantitative estimate of drug-likeness (QED) is 0.786. The van der Waals surface area contributed by atoms with Crippen LogP contribution in [0.2, 0.25) is 0 Å². The number of carbonyl (C=O) groups is 1.